The van der Waals surface area contributed by atoms with Gasteiger partial charge in [-0.25, -0.2) is 8.78 Å². The third-order valence-corrected chi connectivity index (χ3v) is 1.92. The van der Waals surface area contributed by atoms with Gasteiger partial charge in [-0.2, -0.15) is 0 Å². The zero-order chi connectivity index (χ0) is 11.8. The molecule has 0 spiro atoms. The molecule has 90 valence electrons. The van der Waals surface area contributed by atoms with E-state index in [9.17, 15) is 8.78 Å². The van der Waals surface area contributed by atoms with Crippen molar-refractivity contribution in [2.75, 3.05) is 19.8 Å². The molecule has 1 rings (SSSR count). The van der Waals surface area contributed by atoms with Gasteiger partial charge in [0.15, 0.2) is 0 Å². The number of aryl methyl sites for hydroxylation is 1. The summed E-state index contributed by atoms with van der Waals surface area (Å²) in [6, 6.07) is 5.78. The second kappa shape index (κ2) is 7.24. The molecule has 0 bridgehead atoms. The van der Waals surface area contributed by atoms with Crippen LogP contribution in [-0.2, 0) is 11.3 Å². The van der Waals surface area contributed by atoms with Crippen LogP contribution in [0.1, 0.15) is 11.4 Å². The minimum absolute atomic E-state index is 0.288. The summed E-state index contributed by atoms with van der Waals surface area (Å²) in [5.74, 6) is 0. The number of nitrogens with zero attached hydrogens (tertiary/aromatic N) is 1. The van der Waals surface area contributed by atoms with Gasteiger partial charge in [0.05, 0.1) is 12.3 Å². The number of alkyl halides is 2. The number of halogens is 2. The number of ether oxygens (including phenoxy) is 1. The van der Waals surface area contributed by atoms with Gasteiger partial charge >= 0.3 is 0 Å². The van der Waals surface area contributed by atoms with Crippen molar-refractivity contribution in [2.45, 2.75) is 19.9 Å². The molecule has 0 radical (unpaired) electrons. The van der Waals surface area contributed by atoms with Gasteiger partial charge < -0.3 is 10.1 Å². The van der Waals surface area contributed by atoms with Crippen molar-refractivity contribution < 1.29 is 13.5 Å². The lowest BCUT2D eigenvalue weighted by molar-refractivity contribution is 0.0187. The summed E-state index contributed by atoms with van der Waals surface area (Å²) in [5, 5.41) is 3.07. The highest BCUT2D eigenvalue weighted by Gasteiger charge is 2.00. The standard InChI is InChI=1S/C11H16F2N2O/c1-9-3-2-4-10(15-9)7-14-5-6-16-8-11(12)13/h2-4,11,14H,5-8H2,1H3. The molecule has 0 aliphatic rings. The molecule has 0 aliphatic carbocycles. The summed E-state index contributed by atoms with van der Waals surface area (Å²) >= 11 is 0. The lowest BCUT2D eigenvalue weighted by Gasteiger charge is -2.05. The molecule has 0 amide bonds. The Balaban J connectivity index is 2.07. The van der Waals surface area contributed by atoms with E-state index in [2.05, 4.69) is 10.3 Å². The summed E-state index contributed by atoms with van der Waals surface area (Å²) in [7, 11) is 0. The highest BCUT2D eigenvalue weighted by atomic mass is 19.3. The van der Waals surface area contributed by atoms with E-state index in [-0.39, 0.29) is 6.61 Å². The minimum atomic E-state index is -2.39. The normalized spacial score (nSPS) is 11.0. The van der Waals surface area contributed by atoms with Crippen LogP contribution in [0.4, 0.5) is 8.78 Å². The Bertz CT molecular complexity index is 308. The van der Waals surface area contributed by atoms with Crippen LogP contribution >= 0.6 is 0 Å². The van der Waals surface area contributed by atoms with Crippen molar-refractivity contribution in [3.63, 3.8) is 0 Å². The van der Waals surface area contributed by atoms with Crippen molar-refractivity contribution in [1.82, 2.24) is 10.3 Å². The zero-order valence-corrected chi connectivity index (χ0v) is 9.25. The van der Waals surface area contributed by atoms with E-state index in [1.165, 1.54) is 0 Å². The van der Waals surface area contributed by atoms with Gasteiger partial charge in [0.1, 0.15) is 6.61 Å². The van der Waals surface area contributed by atoms with Crippen molar-refractivity contribution in [3.8, 4) is 0 Å². The Morgan fingerprint density at radius 2 is 2.25 bits per heavy atom. The van der Waals surface area contributed by atoms with Gasteiger partial charge in [-0.15, -0.1) is 0 Å². The minimum Gasteiger partial charge on any atom is -0.374 e. The van der Waals surface area contributed by atoms with Crippen LogP contribution in [0.15, 0.2) is 18.2 Å². The first-order valence-electron chi connectivity index (χ1n) is 5.17. The van der Waals surface area contributed by atoms with Gasteiger partial charge in [-0.3, -0.25) is 4.98 Å². The first-order valence-corrected chi connectivity index (χ1v) is 5.17. The molecule has 0 atom stereocenters. The molecule has 0 unspecified atom stereocenters. The molecule has 0 saturated carbocycles. The predicted molar refractivity (Wildman–Crippen MR) is 57.5 cm³/mol. The smallest absolute Gasteiger partial charge is 0.261 e. The summed E-state index contributed by atoms with van der Waals surface area (Å²) in [4.78, 5) is 4.30. The molecule has 0 saturated heterocycles. The topological polar surface area (TPSA) is 34.1 Å². The fourth-order valence-corrected chi connectivity index (χ4v) is 1.23. The molecular weight excluding hydrogens is 214 g/mol. The number of pyridine rings is 1. The molecule has 1 aromatic heterocycles. The largest absolute Gasteiger partial charge is 0.374 e. The van der Waals surface area contributed by atoms with Crippen LogP contribution in [-0.4, -0.2) is 31.2 Å². The summed E-state index contributed by atoms with van der Waals surface area (Å²) in [6.45, 7) is 2.89. The first kappa shape index (κ1) is 13.0. The van der Waals surface area contributed by atoms with Crippen LogP contribution in [0, 0.1) is 6.92 Å². The zero-order valence-electron chi connectivity index (χ0n) is 9.25. The maximum absolute atomic E-state index is 11.7. The van der Waals surface area contributed by atoms with Gasteiger partial charge in [0, 0.05) is 18.8 Å². The first-order chi connectivity index (χ1) is 7.68. The highest BCUT2D eigenvalue weighted by molar-refractivity contribution is 5.09. The summed E-state index contributed by atoms with van der Waals surface area (Å²) in [6.07, 6.45) is -2.39. The third kappa shape index (κ3) is 5.72. The molecule has 0 aliphatic heterocycles. The maximum atomic E-state index is 11.7. The lowest BCUT2D eigenvalue weighted by Crippen LogP contribution is -2.21. The quantitative estimate of drug-likeness (QED) is 0.725. The Morgan fingerprint density at radius 1 is 1.44 bits per heavy atom. The molecule has 0 aromatic carbocycles. The number of aromatic nitrogens is 1. The number of rotatable bonds is 7. The number of hydrogen-bond acceptors (Lipinski definition) is 3. The Labute approximate surface area is 93.8 Å². The van der Waals surface area contributed by atoms with Crippen molar-refractivity contribution >= 4 is 0 Å². The molecule has 1 N–H and O–H groups in total. The molecule has 0 fully saturated rings. The van der Waals surface area contributed by atoms with Gasteiger partial charge in [0.25, 0.3) is 6.43 Å². The van der Waals surface area contributed by atoms with Crippen molar-refractivity contribution in [1.29, 1.82) is 0 Å². The fraction of sp³-hybridized carbons (Fsp3) is 0.545. The van der Waals surface area contributed by atoms with Crippen LogP contribution in [0.2, 0.25) is 0 Å². The molecule has 3 nitrogen and oxygen atoms in total. The molecule has 1 heterocycles. The number of nitrogens with one attached hydrogen (secondary N) is 1. The number of hydrogen-bond donors (Lipinski definition) is 1. The van der Waals surface area contributed by atoms with E-state index < -0.39 is 13.0 Å². The second-order valence-corrected chi connectivity index (χ2v) is 3.41. The van der Waals surface area contributed by atoms with Crippen LogP contribution in [0.3, 0.4) is 0 Å². The molecular formula is C11H16F2N2O. The Morgan fingerprint density at radius 3 is 2.94 bits per heavy atom. The monoisotopic (exact) mass is 230 g/mol. The fourth-order valence-electron chi connectivity index (χ4n) is 1.23. The Kier molecular flexibility index (Phi) is 5.88. The van der Waals surface area contributed by atoms with Crippen molar-refractivity contribution in [2.24, 2.45) is 0 Å². The molecule has 5 heteroatoms. The summed E-state index contributed by atoms with van der Waals surface area (Å²) < 4.78 is 28.1. The predicted octanol–water partition coefficient (Wildman–Crippen LogP) is 1.76. The van der Waals surface area contributed by atoms with Gasteiger partial charge in [-0.1, -0.05) is 6.07 Å². The second-order valence-electron chi connectivity index (χ2n) is 3.41. The average molecular weight is 230 g/mol. The van der Waals surface area contributed by atoms with E-state index in [1.807, 2.05) is 25.1 Å². The van der Waals surface area contributed by atoms with Gasteiger partial charge in [0.2, 0.25) is 0 Å². The molecule has 16 heavy (non-hydrogen) atoms. The van der Waals surface area contributed by atoms with E-state index in [1.54, 1.807) is 0 Å². The summed E-state index contributed by atoms with van der Waals surface area (Å²) in [5.41, 5.74) is 1.90. The highest BCUT2D eigenvalue weighted by Crippen LogP contribution is 1.97. The van der Waals surface area contributed by atoms with Gasteiger partial charge in [-0.05, 0) is 19.1 Å². The average Bonchev–Trinajstić information content (AvgIpc) is 2.23. The van der Waals surface area contributed by atoms with E-state index in [0.717, 1.165) is 11.4 Å². The maximum Gasteiger partial charge on any atom is 0.261 e. The van der Waals surface area contributed by atoms with Crippen LogP contribution in [0.25, 0.3) is 0 Å². The SMILES string of the molecule is Cc1cccc(CNCCOCC(F)F)n1. The van der Waals surface area contributed by atoms with Crippen molar-refractivity contribution in [3.05, 3.63) is 29.6 Å². The van der Waals surface area contributed by atoms with E-state index >= 15 is 0 Å². The van der Waals surface area contributed by atoms with Crippen LogP contribution < -0.4 is 5.32 Å². The Hall–Kier alpha value is -1.07. The molecule has 1 aromatic rings. The third-order valence-electron chi connectivity index (χ3n) is 1.92. The van der Waals surface area contributed by atoms with E-state index in [4.69, 9.17) is 4.74 Å². The van der Waals surface area contributed by atoms with Crippen LogP contribution in [0.5, 0.6) is 0 Å². The lowest BCUT2D eigenvalue weighted by atomic mass is 10.3. The van der Waals surface area contributed by atoms with E-state index in [0.29, 0.717) is 13.1 Å².